The zero-order valence-corrected chi connectivity index (χ0v) is 15.5. The van der Waals surface area contributed by atoms with Gasteiger partial charge in [0.25, 0.3) is 11.5 Å². The Kier molecular flexibility index (Phi) is 4.44. The first-order valence-electron chi connectivity index (χ1n) is 8.68. The lowest BCUT2D eigenvalue weighted by Crippen LogP contribution is -2.39. The van der Waals surface area contributed by atoms with Gasteiger partial charge in [0.1, 0.15) is 16.7 Å². The monoisotopic (exact) mass is 389 g/mol. The van der Waals surface area contributed by atoms with E-state index < -0.39 is 5.82 Å². The summed E-state index contributed by atoms with van der Waals surface area (Å²) in [5.41, 5.74) is 0.223. The Hall–Kier alpha value is -2.72. The van der Waals surface area contributed by atoms with Crippen LogP contribution in [0.25, 0.3) is 11.1 Å². The molecule has 0 saturated carbocycles. The summed E-state index contributed by atoms with van der Waals surface area (Å²) in [7, 11) is 0. The van der Waals surface area contributed by atoms with Gasteiger partial charge >= 0.3 is 0 Å². The number of benzene rings is 1. The van der Waals surface area contributed by atoms with Crippen LogP contribution in [-0.2, 0) is 17.9 Å². The van der Waals surface area contributed by atoms with Gasteiger partial charge in [0.05, 0.1) is 17.8 Å². The molecule has 3 heterocycles. The van der Waals surface area contributed by atoms with Gasteiger partial charge in [-0.05, 0) is 25.8 Å². The number of aromatic nitrogens is 2. The average Bonchev–Trinajstić information content (AvgIpc) is 2.92. The van der Waals surface area contributed by atoms with Crippen molar-refractivity contribution in [3.05, 3.63) is 33.5 Å². The molecule has 2 aromatic rings. The lowest BCUT2D eigenvalue weighted by atomic mass is 10.1. The second kappa shape index (κ2) is 6.78. The topological polar surface area (TPSA) is 56.5 Å². The van der Waals surface area contributed by atoms with Gasteiger partial charge in [-0.1, -0.05) is 17.5 Å². The van der Waals surface area contributed by atoms with E-state index in [1.807, 2.05) is 0 Å². The van der Waals surface area contributed by atoms with Crippen LogP contribution in [0.1, 0.15) is 19.8 Å². The van der Waals surface area contributed by atoms with E-state index in [1.165, 1.54) is 17.0 Å². The Morgan fingerprint density at radius 3 is 2.67 bits per heavy atom. The molecule has 1 aromatic carbocycles. The summed E-state index contributed by atoms with van der Waals surface area (Å²) in [5, 5.41) is 0.210. The first-order valence-corrected chi connectivity index (χ1v) is 9.06. The van der Waals surface area contributed by atoms with Gasteiger partial charge in [0, 0.05) is 24.7 Å². The fraction of sp³-hybridized carbons (Fsp3) is 0.368. The summed E-state index contributed by atoms with van der Waals surface area (Å²) >= 11 is 6.43. The maximum Gasteiger partial charge on any atom is 0.276 e. The number of carbonyl (C=O) groups excluding carboxylic acids is 1. The second-order valence-corrected chi connectivity index (χ2v) is 6.78. The maximum absolute atomic E-state index is 14.8. The van der Waals surface area contributed by atoms with Crippen molar-refractivity contribution in [1.29, 1.82) is 0 Å². The van der Waals surface area contributed by atoms with Gasteiger partial charge in [-0.3, -0.25) is 19.2 Å². The number of rotatable bonds is 2. The average molecular weight is 390 g/mol. The number of ether oxygens (including phenoxy) is 1. The third-order valence-electron chi connectivity index (χ3n) is 4.84. The molecule has 4 rings (SSSR count). The Morgan fingerprint density at radius 1 is 1.22 bits per heavy atom. The zero-order valence-electron chi connectivity index (χ0n) is 14.7. The third-order valence-corrected chi connectivity index (χ3v) is 5.22. The summed E-state index contributed by atoms with van der Waals surface area (Å²) in [6, 6.07) is 2.65. The molecule has 8 heteroatoms. The van der Waals surface area contributed by atoms with E-state index in [9.17, 15) is 14.0 Å². The molecular weight excluding hydrogens is 373 g/mol. The van der Waals surface area contributed by atoms with E-state index in [1.54, 1.807) is 16.3 Å². The molecule has 0 aliphatic carbocycles. The van der Waals surface area contributed by atoms with Crippen LogP contribution in [0.2, 0.25) is 5.15 Å². The normalized spacial score (nSPS) is 15.5. The smallest absolute Gasteiger partial charge is 0.276 e. The SMILES string of the molecule is CC#CCN1C(=O)COc2cc(F)c(-c3c(Cl)n4n(c3=O)CCCC4)cc21. The van der Waals surface area contributed by atoms with Crippen LogP contribution in [0.4, 0.5) is 10.1 Å². The van der Waals surface area contributed by atoms with Crippen molar-refractivity contribution < 1.29 is 13.9 Å². The van der Waals surface area contributed by atoms with Gasteiger partial charge in [-0.15, -0.1) is 5.92 Å². The van der Waals surface area contributed by atoms with E-state index in [0.29, 0.717) is 18.8 Å². The predicted octanol–water partition coefficient (Wildman–Crippen LogP) is 2.65. The van der Waals surface area contributed by atoms with Crippen molar-refractivity contribution in [1.82, 2.24) is 9.36 Å². The largest absolute Gasteiger partial charge is 0.481 e. The molecule has 2 aliphatic heterocycles. The molecule has 27 heavy (non-hydrogen) atoms. The summed E-state index contributed by atoms with van der Waals surface area (Å²) in [4.78, 5) is 26.5. The number of nitrogens with zero attached hydrogens (tertiary/aromatic N) is 3. The van der Waals surface area contributed by atoms with Crippen molar-refractivity contribution in [3.63, 3.8) is 0 Å². The fourth-order valence-corrected chi connectivity index (χ4v) is 3.86. The van der Waals surface area contributed by atoms with Crippen molar-refractivity contribution >= 4 is 23.2 Å². The summed E-state index contributed by atoms with van der Waals surface area (Å²) < 4.78 is 23.4. The van der Waals surface area contributed by atoms with Crippen LogP contribution in [0.15, 0.2) is 16.9 Å². The fourth-order valence-electron chi connectivity index (χ4n) is 3.50. The Bertz CT molecular complexity index is 1060. The summed E-state index contributed by atoms with van der Waals surface area (Å²) in [6.45, 7) is 2.82. The minimum Gasteiger partial charge on any atom is -0.481 e. The number of halogens is 2. The Labute approximate surface area is 160 Å². The van der Waals surface area contributed by atoms with Crippen molar-refractivity contribution in [2.24, 2.45) is 0 Å². The molecule has 0 bridgehead atoms. The second-order valence-electron chi connectivity index (χ2n) is 6.42. The number of carbonyl (C=O) groups is 1. The molecule has 0 atom stereocenters. The van der Waals surface area contributed by atoms with Crippen LogP contribution in [0.5, 0.6) is 5.75 Å². The standard InChI is InChI=1S/C19H17ClFN3O3/c1-2-3-6-22-14-9-12(13(21)10-15(14)27-11-16(22)25)17-18(20)23-7-4-5-8-24(23)19(17)26/h9-10H,4-8,11H2,1H3. The molecule has 0 N–H and O–H groups in total. The quantitative estimate of drug-likeness (QED) is 0.742. The molecule has 0 spiro atoms. The lowest BCUT2D eigenvalue weighted by Gasteiger charge is -2.28. The molecule has 0 unspecified atom stereocenters. The number of hydrogen-bond acceptors (Lipinski definition) is 3. The number of hydrogen-bond donors (Lipinski definition) is 0. The van der Waals surface area contributed by atoms with Gasteiger partial charge in [-0.2, -0.15) is 0 Å². The molecule has 0 fully saturated rings. The van der Waals surface area contributed by atoms with Crippen molar-refractivity contribution in [3.8, 4) is 28.7 Å². The molecule has 140 valence electrons. The minimum atomic E-state index is -0.618. The van der Waals surface area contributed by atoms with E-state index in [2.05, 4.69) is 11.8 Å². The van der Waals surface area contributed by atoms with Crippen LogP contribution < -0.4 is 15.2 Å². The third kappa shape index (κ3) is 2.81. The zero-order chi connectivity index (χ0) is 19.1. The van der Waals surface area contributed by atoms with Crippen molar-refractivity contribution in [2.45, 2.75) is 32.9 Å². The highest BCUT2D eigenvalue weighted by Gasteiger charge is 2.30. The summed E-state index contributed by atoms with van der Waals surface area (Å²) in [6.07, 6.45) is 1.78. The van der Waals surface area contributed by atoms with Crippen LogP contribution in [-0.4, -0.2) is 28.4 Å². The van der Waals surface area contributed by atoms with Crippen LogP contribution >= 0.6 is 11.6 Å². The van der Waals surface area contributed by atoms with E-state index >= 15 is 0 Å². The highest BCUT2D eigenvalue weighted by Crippen LogP contribution is 2.39. The van der Waals surface area contributed by atoms with E-state index in [-0.39, 0.29) is 46.6 Å². The highest BCUT2D eigenvalue weighted by molar-refractivity contribution is 6.32. The molecule has 1 aromatic heterocycles. The number of fused-ring (bicyclic) bond motifs is 2. The Morgan fingerprint density at radius 2 is 1.96 bits per heavy atom. The minimum absolute atomic E-state index is 0.0610. The predicted molar refractivity (Wildman–Crippen MR) is 99.6 cm³/mol. The maximum atomic E-state index is 14.8. The molecule has 0 radical (unpaired) electrons. The van der Waals surface area contributed by atoms with Gasteiger partial charge in [0.2, 0.25) is 0 Å². The Balaban J connectivity index is 1.90. The first kappa shape index (κ1) is 17.7. The van der Waals surface area contributed by atoms with Crippen LogP contribution in [0.3, 0.4) is 0 Å². The lowest BCUT2D eigenvalue weighted by molar-refractivity contribution is -0.121. The number of anilines is 1. The van der Waals surface area contributed by atoms with Gasteiger partial charge < -0.3 is 4.74 Å². The number of amides is 1. The molecule has 1 amide bonds. The summed E-state index contributed by atoms with van der Waals surface area (Å²) in [5.74, 6) is 4.92. The van der Waals surface area contributed by atoms with Gasteiger partial charge in [-0.25, -0.2) is 9.07 Å². The van der Waals surface area contributed by atoms with Gasteiger partial charge in [0.15, 0.2) is 6.61 Å². The van der Waals surface area contributed by atoms with E-state index in [0.717, 1.165) is 12.8 Å². The molecule has 0 saturated heterocycles. The van der Waals surface area contributed by atoms with Crippen LogP contribution in [0, 0.1) is 17.7 Å². The molecule has 6 nitrogen and oxygen atoms in total. The van der Waals surface area contributed by atoms with E-state index in [4.69, 9.17) is 16.3 Å². The van der Waals surface area contributed by atoms with Crippen molar-refractivity contribution in [2.75, 3.05) is 18.1 Å². The molecular formula is C19H17ClFN3O3. The highest BCUT2D eigenvalue weighted by atomic mass is 35.5. The molecule has 2 aliphatic rings. The first-order chi connectivity index (χ1) is 13.0.